The monoisotopic (exact) mass is 567 g/mol. The number of hydrogen-bond acceptors (Lipinski definition) is 7. The molecule has 0 atom stereocenters. The molecule has 1 saturated carbocycles. The lowest BCUT2D eigenvalue weighted by Gasteiger charge is -2.33. The molecule has 2 aliphatic rings. The van der Waals surface area contributed by atoms with E-state index in [1.807, 2.05) is 6.07 Å². The Balaban J connectivity index is 1.10. The van der Waals surface area contributed by atoms with Gasteiger partial charge in [0.2, 0.25) is 0 Å². The summed E-state index contributed by atoms with van der Waals surface area (Å²) in [5.41, 5.74) is 10.3. The summed E-state index contributed by atoms with van der Waals surface area (Å²) in [6.45, 7) is 5.62. The molecule has 1 aliphatic heterocycles. The number of piperidine rings is 1. The van der Waals surface area contributed by atoms with E-state index in [1.165, 1.54) is 17.5 Å². The molecule has 1 aromatic carbocycles. The SMILES string of the molecule is Cc1c(CN2CCC(Nc3ncnc4sc(CC(F)(F)F)cc34)CC2)ccc2c1cc(C#N)n2C[C@H]1C[C@@H](N)C1. The Morgan fingerprint density at radius 1 is 1.15 bits per heavy atom. The molecule has 2 fully saturated rings. The zero-order chi connectivity index (χ0) is 28.0. The van der Waals surface area contributed by atoms with Crippen LogP contribution in [0.25, 0.3) is 21.1 Å². The molecule has 0 bridgehead atoms. The molecule has 6 rings (SSSR count). The van der Waals surface area contributed by atoms with Gasteiger partial charge in [-0.25, -0.2) is 9.97 Å². The molecule has 7 nitrogen and oxygen atoms in total. The number of likely N-dealkylation sites (tertiary alicyclic amines) is 1. The number of nitrogens with two attached hydrogens (primary N) is 1. The van der Waals surface area contributed by atoms with E-state index in [4.69, 9.17) is 5.73 Å². The van der Waals surface area contributed by atoms with Gasteiger partial charge in [-0.1, -0.05) is 6.07 Å². The number of benzene rings is 1. The largest absolute Gasteiger partial charge is 0.393 e. The van der Waals surface area contributed by atoms with Gasteiger partial charge < -0.3 is 15.6 Å². The van der Waals surface area contributed by atoms with Crippen molar-refractivity contribution >= 4 is 38.3 Å². The second kappa shape index (κ2) is 10.7. The van der Waals surface area contributed by atoms with Crippen LogP contribution >= 0.6 is 11.3 Å². The van der Waals surface area contributed by atoms with Crippen LogP contribution in [-0.4, -0.2) is 50.8 Å². The first-order valence-corrected chi connectivity index (χ1v) is 14.5. The van der Waals surface area contributed by atoms with Gasteiger partial charge in [-0.3, -0.25) is 4.90 Å². The van der Waals surface area contributed by atoms with Crippen LogP contribution in [0.4, 0.5) is 19.0 Å². The summed E-state index contributed by atoms with van der Waals surface area (Å²) in [6, 6.07) is 10.8. The molecule has 1 aliphatic carbocycles. The van der Waals surface area contributed by atoms with Crippen molar-refractivity contribution in [1.29, 1.82) is 5.26 Å². The van der Waals surface area contributed by atoms with Gasteiger partial charge in [-0.15, -0.1) is 11.3 Å². The Morgan fingerprint density at radius 3 is 2.62 bits per heavy atom. The Kier molecular flexibility index (Phi) is 7.19. The number of aromatic nitrogens is 3. The first-order valence-electron chi connectivity index (χ1n) is 13.7. The minimum Gasteiger partial charge on any atom is -0.367 e. The minimum absolute atomic E-state index is 0.190. The number of hydrogen-bond donors (Lipinski definition) is 2. The number of thiophene rings is 1. The molecule has 210 valence electrons. The third-order valence-corrected chi connectivity index (χ3v) is 9.41. The van der Waals surface area contributed by atoms with Crippen molar-refractivity contribution in [3.63, 3.8) is 0 Å². The summed E-state index contributed by atoms with van der Waals surface area (Å²) in [5.74, 6) is 1.14. The van der Waals surface area contributed by atoms with Crippen molar-refractivity contribution in [2.75, 3.05) is 18.4 Å². The molecule has 11 heteroatoms. The standard InChI is InChI=1S/C29H32F3N7S/c1-17-19(2-3-26-24(17)10-22(13-33)39(26)14-18-8-20(34)9-18)15-38-6-4-21(5-7-38)37-27-25-11-23(12-29(30,31)32)40-28(25)36-16-35-27/h2-3,10-11,16,18,20-21H,4-9,12,14-15,34H2,1H3,(H,35,36,37)/t18-,20+. The highest BCUT2D eigenvalue weighted by Gasteiger charge is 2.30. The van der Waals surface area contributed by atoms with Crippen LogP contribution in [0.3, 0.4) is 0 Å². The van der Waals surface area contributed by atoms with Gasteiger partial charge in [0.1, 0.15) is 28.7 Å². The fourth-order valence-corrected chi connectivity index (χ4v) is 7.18. The molecule has 3 N–H and O–H groups in total. The van der Waals surface area contributed by atoms with Crippen molar-refractivity contribution in [1.82, 2.24) is 19.4 Å². The van der Waals surface area contributed by atoms with Crippen LogP contribution in [0, 0.1) is 24.2 Å². The Hall–Kier alpha value is -3.20. The summed E-state index contributed by atoms with van der Waals surface area (Å²) >= 11 is 1.07. The van der Waals surface area contributed by atoms with E-state index >= 15 is 0 Å². The van der Waals surface area contributed by atoms with E-state index in [-0.39, 0.29) is 10.9 Å². The lowest BCUT2D eigenvalue weighted by atomic mass is 9.81. The van der Waals surface area contributed by atoms with Gasteiger partial charge in [-0.2, -0.15) is 18.4 Å². The number of nitrogens with one attached hydrogen (secondary N) is 1. The molecule has 4 heterocycles. The number of alkyl halides is 3. The van der Waals surface area contributed by atoms with Gasteiger partial charge >= 0.3 is 6.18 Å². The van der Waals surface area contributed by atoms with Crippen molar-refractivity contribution in [2.24, 2.45) is 11.7 Å². The average molecular weight is 568 g/mol. The highest BCUT2D eigenvalue weighted by molar-refractivity contribution is 7.18. The first-order chi connectivity index (χ1) is 19.2. The van der Waals surface area contributed by atoms with Gasteiger partial charge in [-0.05, 0) is 67.9 Å². The number of nitrogens with zero attached hydrogens (tertiary/aromatic N) is 5. The van der Waals surface area contributed by atoms with Gasteiger partial charge in [0.25, 0.3) is 0 Å². The van der Waals surface area contributed by atoms with Crippen molar-refractivity contribution in [3.8, 4) is 6.07 Å². The molecule has 0 spiro atoms. The van der Waals surface area contributed by atoms with Crippen LogP contribution in [0.2, 0.25) is 0 Å². The summed E-state index contributed by atoms with van der Waals surface area (Å²) in [4.78, 5) is 11.8. The molecule has 40 heavy (non-hydrogen) atoms. The molecule has 0 radical (unpaired) electrons. The van der Waals surface area contributed by atoms with Crippen LogP contribution in [0.5, 0.6) is 0 Å². The van der Waals surface area contributed by atoms with E-state index in [1.54, 1.807) is 6.07 Å². The highest BCUT2D eigenvalue weighted by Crippen LogP contribution is 2.34. The predicted octanol–water partition coefficient (Wildman–Crippen LogP) is 5.74. The highest BCUT2D eigenvalue weighted by atomic mass is 32.1. The van der Waals surface area contributed by atoms with E-state index in [0.29, 0.717) is 33.7 Å². The van der Waals surface area contributed by atoms with Crippen molar-refractivity contribution < 1.29 is 13.2 Å². The molecular formula is C29H32F3N7S. The molecule has 1 saturated heterocycles. The average Bonchev–Trinajstić information content (AvgIpc) is 3.46. The zero-order valence-electron chi connectivity index (χ0n) is 22.3. The Morgan fingerprint density at radius 2 is 1.93 bits per heavy atom. The first kappa shape index (κ1) is 27.0. The summed E-state index contributed by atoms with van der Waals surface area (Å²) < 4.78 is 40.8. The molecule has 3 aromatic heterocycles. The Labute approximate surface area is 234 Å². The number of rotatable bonds is 7. The predicted molar refractivity (Wildman–Crippen MR) is 151 cm³/mol. The second-order valence-electron chi connectivity index (χ2n) is 11.3. The van der Waals surface area contributed by atoms with Gasteiger partial charge in [0.05, 0.1) is 11.8 Å². The molecule has 0 amide bonds. The summed E-state index contributed by atoms with van der Waals surface area (Å²) in [7, 11) is 0. The van der Waals surface area contributed by atoms with Gasteiger partial charge in [0.15, 0.2) is 0 Å². The van der Waals surface area contributed by atoms with E-state index in [0.717, 1.165) is 74.1 Å². The third-order valence-electron chi connectivity index (χ3n) is 8.37. The van der Waals surface area contributed by atoms with Crippen LogP contribution in [0.1, 0.15) is 47.4 Å². The number of halogens is 3. The fourth-order valence-electron chi connectivity index (χ4n) is 6.15. The normalized spacial score (nSPS) is 20.6. The van der Waals surface area contributed by atoms with Crippen LogP contribution in [-0.2, 0) is 19.5 Å². The number of anilines is 1. The third kappa shape index (κ3) is 5.53. The van der Waals surface area contributed by atoms with E-state index in [9.17, 15) is 18.4 Å². The maximum Gasteiger partial charge on any atom is 0.393 e. The van der Waals surface area contributed by atoms with Crippen LogP contribution < -0.4 is 11.1 Å². The topological polar surface area (TPSA) is 95.8 Å². The number of aryl methyl sites for hydroxylation is 1. The maximum atomic E-state index is 12.9. The lowest BCUT2D eigenvalue weighted by molar-refractivity contribution is -0.126. The summed E-state index contributed by atoms with van der Waals surface area (Å²) in [5, 5.41) is 15.0. The van der Waals surface area contributed by atoms with Crippen molar-refractivity contribution in [2.45, 2.75) is 70.4 Å². The quantitative estimate of drug-likeness (QED) is 0.296. The molecule has 4 aromatic rings. The second-order valence-corrected chi connectivity index (χ2v) is 12.4. The molecular weight excluding hydrogens is 535 g/mol. The summed E-state index contributed by atoms with van der Waals surface area (Å²) in [6.07, 6.45) is 0.0647. The van der Waals surface area contributed by atoms with Crippen LogP contribution in [0.15, 0.2) is 30.6 Å². The number of fused-ring (bicyclic) bond motifs is 2. The van der Waals surface area contributed by atoms with Crippen molar-refractivity contribution in [3.05, 3.63) is 52.3 Å². The van der Waals surface area contributed by atoms with E-state index < -0.39 is 12.6 Å². The Bertz CT molecular complexity index is 1570. The maximum absolute atomic E-state index is 12.9. The molecule has 0 unspecified atom stereocenters. The fraction of sp³-hybridized carbons (Fsp3) is 0.483. The van der Waals surface area contributed by atoms with E-state index in [2.05, 4.69) is 49.9 Å². The van der Waals surface area contributed by atoms with Gasteiger partial charge in [0, 0.05) is 54.0 Å². The smallest absolute Gasteiger partial charge is 0.367 e. The lowest BCUT2D eigenvalue weighted by Crippen LogP contribution is -2.39. The zero-order valence-corrected chi connectivity index (χ0v) is 23.2. The minimum atomic E-state index is -4.25. The number of nitriles is 1.